The number of rotatable bonds is 2. The number of halogens is 4. The Morgan fingerprint density at radius 2 is 1.91 bits per heavy atom. The Bertz CT molecular complexity index is 146. The molecule has 0 bridgehead atoms. The zero-order chi connectivity index (χ0) is 8.54. The van der Waals surface area contributed by atoms with Crippen LogP contribution < -0.4 is 0 Å². The van der Waals surface area contributed by atoms with Gasteiger partial charge in [0.15, 0.2) is 0 Å². The molecule has 66 valence electrons. The molecule has 3 nitrogen and oxygen atoms in total. The van der Waals surface area contributed by atoms with Gasteiger partial charge in [-0.05, 0) is 0 Å². The highest BCUT2D eigenvalue weighted by atomic mass is 79.9. The maximum absolute atomic E-state index is 13.0. The van der Waals surface area contributed by atoms with Gasteiger partial charge in [0, 0.05) is 0 Å². The molecule has 1 aliphatic heterocycles. The van der Waals surface area contributed by atoms with Crippen LogP contribution in [-0.2, 0) is 14.5 Å². The molecule has 0 spiro atoms. The van der Waals surface area contributed by atoms with Crippen LogP contribution in [0.5, 0.6) is 0 Å². The minimum absolute atomic E-state index is 0.111. The van der Waals surface area contributed by atoms with Crippen molar-refractivity contribution in [2.45, 2.75) is 11.3 Å². The lowest BCUT2D eigenvalue weighted by Crippen LogP contribution is -2.31. The first kappa shape index (κ1) is 10.1. The monoisotopic (exact) mass is 312 g/mol. The van der Waals surface area contributed by atoms with Crippen LogP contribution in [0.3, 0.4) is 0 Å². The lowest BCUT2D eigenvalue weighted by molar-refractivity contribution is -0.364. The molecule has 1 saturated heterocycles. The van der Waals surface area contributed by atoms with Crippen molar-refractivity contribution in [2.75, 3.05) is 10.7 Å². The van der Waals surface area contributed by atoms with Gasteiger partial charge in [0.2, 0.25) is 0 Å². The van der Waals surface area contributed by atoms with Crippen LogP contribution in [0, 0.1) is 0 Å². The molecule has 0 amide bonds. The lowest BCUT2D eigenvalue weighted by Gasteiger charge is -2.14. The highest BCUT2D eigenvalue weighted by molar-refractivity contribution is 9.09. The minimum Gasteiger partial charge on any atom is -0.271 e. The molecule has 1 fully saturated rings. The lowest BCUT2D eigenvalue weighted by atomic mass is 10.7. The first-order valence-corrected chi connectivity index (χ1v) is 5.22. The van der Waals surface area contributed by atoms with Gasteiger partial charge in [-0.1, -0.05) is 43.5 Å². The molecule has 1 heterocycles. The molecular weight excluding hydrogens is 310 g/mol. The summed E-state index contributed by atoms with van der Waals surface area (Å²) in [5, 5.41) is -1.62. The summed E-state index contributed by atoms with van der Waals surface area (Å²) in [6.45, 7) is 0. The fraction of sp³-hybridized carbons (Fsp3) is 1.00. The van der Waals surface area contributed by atoms with E-state index in [1.54, 1.807) is 0 Å². The second-order valence-electron chi connectivity index (χ2n) is 1.86. The third-order valence-corrected chi connectivity index (χ3v) is 2.92. The molecule has 7 heteroatoms. The Labute approximate surface area is 84.3 Å². The molecule has 0 aromatic carbocycles. The van der Waals surface area contributed by atoms with Gasteiger partial charge in [0.1, 0.15) is 0 Å². The van der Waals surface area contributed by atoms with E-state index < -0.39 is 11.3 Å². The van der Waals surface area contributed by atoms with Gasteiger partial charge < -0.3 is 0 Å². The third kappa shape index (κ3) is 2.26. The summed E-state index contributed by atoms with van der Waals surface area (Å²) in [5.41, 5.74) is 0. The topological polar surface area (TPSA) is 27.7 Å². The summed E-state index contributed by atoms with van der Waals surface area (Å²) in [5.74, 6) is 0. The van der Waals surface area contributed by atoms with Gasteiger partial charge >= 0.3 is 6.04 Å². The van der Waals surface area contributed by atoms with E-state index in [-0.39, 0.29) is 10.7 Å². The average Bonchev–Trinajstić information content (AvgIpc) is 2.30. The second kappa shape index (κ2) is 3.43. The summed E-state index contributed by atoms with van der Waals surface area (Å²) in [4.78, 5) is 8.59. The molecule has 1 unspecified atom stereocenters. The van der Waals surface area contributed by atoms with Gasteiger partial charge in [-0.2, -0.15) is 14.2 Å². The number of alkyl halides is 4. The molecule has 11 heavy (non-hydrogen) atoms. The van der Waals surface area contributed by atoms with E-state index in [2.05, 4.69) is 46.4 Å². The Hall–Kier alpha value is 1.06. The maximum Gasteiger partial charge on any atom is 0.360 e. The van der Waals surface area contributed by atoms with Gasteiger partial charge in [-0.3, -0.25) is 4.74 Å². The van der Waals surface area contributed by atoms with Crippen LogP contribution >= 0.6 is 43.5 Å². The molecule has 1 rings (SSSR count). The Morgan fingerprint density at radius 1 is 1.27 bits per heavy atom. The minimum atomic E-state index is -2.30. The normalized spacial score (nSPS) is 44.7. The van der Waals surface area contributed by atoms with E-state index in [4.69, 9.17) is 11.6 Å². The van der Waals surface area contributed by atoms with E-state index in [9.17, 15) is 4.39 Å². The molecule has 0 aromatic rings. The van der Waals surface area contributed by atoms with E-state index in [0.717, 1.165) is 0 Å². The molecule has 0 radical (unpaired) electrons. The van der Waals surface area contributed by atoms with Gasteiger partial charge in [-0.15, -0.1) is 0 Å². The Morgan fingerprint density at radius 3 is 2.18 bits per heavy atom. The van der Waals surface area contributed by atoms with Gasteiger partial charge in [0.05, 0.1) is 10.7 Å². The van der Waals surface area contributed by atoms with Crippen molar-refractivity contribution in [3.05, 3.63) is 0 Å². The predicted molar refractivity (Wildman–Crippen MR) is 43.3 cm³/mol. The summed E-state index contributed by atoms with van der Waals surface area (Å²) in [6.07, 6.45) is 0. The van der Waals surface area contributed by atoms with E-state index in [1.807, 2.05) is 0 Å². The van der Waals surface area contributed by atoms with Crippen molar-refractivity contribution in [3.8, 4) is 0 Å². The van der Waals surface area contributed by atoms with Crippen molar-refractivity contribution in [1.29, 1.82) is 0 Å². The van der Waals surface area contributed by atoms with Crippen LogP contribution in [0.1, 0.15) is 0 Å². The largest absolute Gasteiger partial charge is 0.360 e. The smallest absolute Gasteiger partial charge is 0.271 e. The van der Waals surface area contributed by atoms with E-state index in [0.29, 0.717) is 0 Å². The quantitative estimate of drug-likeness (QED) is 0.578. The predicted octanol–water partition coefficient (Wildman–Crippen LogP) is 2.27. The first-order chi connectivity index (χ1) is 5.04. The number of hydrogen-bond acceptors (Lipinski definition) is 3. The van der Waals surface area contributed by atoms with E-state index >= 15 is 0 Å². The van der Waals surface area contributed by atoms with Gasteiger partial charge in [-0.25, -0.2) is 0 Å². The SMILES string of the molecule is F[C@]1(CBr)OOC(Cl)(CBr)O1. The fourth-order valence-corrected chi connectivity index (χ4v) is 1.05. The van der Waals surface area contributed by atoms with Crippen molar-refractivity contribution in [2.24, 2.45) is 0 Å². The molecule has 0 aromatic heterocycles. The third-order valence-electron chi connectivity index (χ3n) is 0.915. The highest BCUT2D eigenvalue weighted by Crippen LogP contribution is 2.38. The molecule has 2 atom stereocenters. The highest BCUT2D eigenvalue weighted by Gasteiger charge is 2.52. The van der Waals surface area contributed by atoms with Crippen molar-refractivity contribution >= 4 is 43.5 Å². The maximum atomic E-state index is 13.0. The summed E-state index contributed by atoms with van der Waals surface area (Å²) < 4.78 is 17.6. The van der Waals surface area contributed by atoms with Crippen molar-refractivity contribution in [1.82, 2.24) is 0 Å². The molecule has 0 N–H and O–H groups in total. The first-order valence-electron chi connectivity index (χ1n) is 2.60. The Kier molecular flexibility index (Phi) is 3.16. The molecule has 0 aliphatic carbocycles. The van der Waals surface area contributed by atoms with Crippen LogP contribution in [0.4, 0.5) is 4.39 Å². The van der Waals surface area contributed by atoms with Crippen LogP contribution in [0.2, 0.25) is 0 Å². The fourth-order valence-electron chi connectivity index (χ4n) is 0.485. The Balaban J connectivity index is 2.58. The second-order valence-corrected chi connectivity index (χ2v) is 3.55. The van der Waals surface area contributed by atoms with Crippen molar-refractivity contribution in [3.63, 3.8) is 0 Å². The zero-order valence-corrected chi connectivity index (χ0v) is 9.08. The van der Waals surface area contributed by atoms with E-state index in [1.165, 1.54) is 0 Å². The summed E-state index contributed by atoms with van der Waals surface area (Å²) in [6, 6.07) is -2.30. The number of hydrogen-bond donors (Lipinski definition) is 0. The van der Waals surface area contributed by atoms with Gasteiger partial charge in [0.25, 0.3) is 5.25 Å². The zero-order valence-electron chi connectivity index (χ0n) is 5.15. The number of ether oxygens (including phenoxy) is 1. The molecular formula is C4H4Br2ClFO3. The summed E-state index contributed by atoms with van der Waals surface area (Å²) >= 11 is 11.3. The van der Waals surface area contributed by atoms with Crippen molar-refractivity contribution < 1.29 is 18.9 Å². The summed E-state index contributed by atoms with van der Waals surface area (Å²) in [7, 11) is 0. The van der Waals surface area contributed by atoms with Crippen LogP contribution in [-0.4, -0.2) is 21.9 Å². The molecule has 0 saturated carbocycles. The molecule has 1 aliphatic rings. The van der Waals surface area contributed by atoms with Crippen LogP contribution in [0.15, 0.2) is 0 Å². The average molecular weight is 314 g/mol. The van der Waals surface area contributed by atoms with Crippen LogP contribution in [0.25, 0.3) is 0 Å². The standard InChI is InChI=1S/C4H4Br2ClFO3/c5-1-3(7)9-4(8,2-6)11-10-3/h1-2H2/t3?,4-/m0/s1.